The predicted molar refractivity (Wildman–Crippen MR) is 105 cm³/mol. The Labute approximate surface area is 155 Å². The van der Waals surface area contributed by atoms with Crippen LogP contribution >= 0.6 is 23.1 Å². The smallest absolute Gasteiger partial charge is 0.226 e. The molecule has 0 atom stereocenters. The number of thiazole rings is 1. The Morgan fingerprint density at radius 2 is 1.92 bits per heavy atom. The van der Waals surface area contributed by atoms with Crippen LogP contribution in [0.4, 0.5) is 5.13 Å². The van der Waals surface area contributed by atoms with Gasteiger partial charge in [0.15, 0.2) is 5.13 Å². The maximum atomic E-state index is 12.1. The quantitative estimate of drug-likeness (QED) is 0.375. The van der Waals surface area contributed by atoms with E-state index in [0.717, 1.165) is 29.4 Å². The number of fused-ring (bicyclic) bond motifs is 3. The summed E-state index contributed by atoms with van der Waals surface area (Å²) in [6, 6.07) is 18.6. The number of hydrogen-bond acceptors (Lipinski definition) is 4. The minimum absolute atomic E-state index is 0.0503. The maximum Gasteiger partial charge on any atom is 0.226 e. The predicted octanol–water partition coefficient (Wildman–Crippen LogP) is 5.23. The van der Waals surface area contributed by atoms with E-state index in [0.29, 0.717) is 6.42 Å². The molecule has 126 valence electrons. The Balaban J connectivity index is 1.28. The zero-order valence-corrected chi connectivity index (χ0v) is 15.3. The van der Waals surface area contributed by atoms with Gasteiger partial charge in [0, 0.05) is 28.2 Å². The van der Waals surface area contributed by atoms with Crippen LogP contribution in [0.1, 0.15) is 23.3 Å². The fourth-order valence-corrected chi connectivity index (χ4v) is 4.82. The summed E-state index contributed by atoms with van der Waals surface area (Å²) in [4.78, 5) is 19.3. The van der Waals surface area contributed by atoms with Gasteiger partial charge in [0.05, 0.1) is 5.69 Å². The van der Waals surface area contributed by atoms with Crippen LogP contribution in [0, 0.1) is 0 Å². The number of thioether (sulfide) groups is 1. The minimum Gasteiger partial charge on any atom is -0.302 e. The van der Waals surface area contributed by atoms with Crippen molar-refractivity contribution >= 4 is 34.1 Å². The van der Waals surface area contributed by atoms with Gasteiger partial charge in [-0.05, 0) is 29.9 Å². The number of hydrogen-bond donors (Lipinski definition) is 1. The Bertz CT molecular complexity index is 890. The summed E-state index contributed by atoms with van der Waals surface area (Å²) >= 11 is 3.38. The summed E-state index contributed by atoms with van der Waals surface area (Å²) in [5.74, 6) is 0.994. The molecule has 0 aliphatic heterocycles. The first-order valence-corrected chi connectivity index (χ1v) is 10.2. The highest BCUT2D eigenvalue weighted by Crippen LogP contribution is 2.40. The molecule has 5 heteroatoms. The molecule has 1 aromatic heterocycles. The van der Waals surface area contributed by atoms with Crippen molar-refractivity contribution in [3.63, 3.8) is 0 Å². The van der Waals surface area contributed by atoms with Gasteiger partial charge in [-0.15, -0.1) is 23.1 Å². The summed E-state index contributed by atoms with van der Waals surface area (Å²) in [6.45, 7) is 0. The van der Waals surface area contributed by atoms with Gasteiger partial charge >= 0.3 is 0 Å². The van der Waals surface area contributed by atoms with Gasteiger partial charge in [0.25, 0.3) is 0 Å². The van der Waals surface area contributed by atoms with Gasteiger partial charge < -0.3 is 5.32 Å². The summed E-state index contributed by atoms with van der Waals surface area (Å²) in [6.07, 6.45) is 2.31. The maximum absolute atomic E-state index is 12.1. The topological polar surface area (TPSA) is 42.0 Å². The minimum atomic E-state index is 0.0503. The first kappa shape index (κ1) is 16.4. The van der Waals surface area contributed by atoms with Crippen LogP contribution in [0.15, 0.2) is 59.5 Å². The molecule has 3 nitrogen and oxygen atoms in total. The molecule has 0 radical (unpaired) electrons. The zero-order chi connectivity index (χ0) is 17.1. The molecule has 0 saturated carbocycles. The molecule has 0 spiro atoms. The summed E-state index contributed by atoms with van der Waals surface area (Å²) in [7, 11) is 0. The normalized spacial score (nSPS) is 11.8. The highest BCUT2D eigenvalue weighted by atomic mass is 32.2. The molecular formula is C20H18N2OS2. The molecule has 4 rings (SSSR count). The van der Waals surface area contributed by atoms with Crippen LogP contribution in [0.2, 0.25) is 0 Å². The Kier molecular flexibility index (Phi) is 4.85. The Hall–Kier alpha value is -2.11. The van der Waals surface area contributed by atoms with Crippen molar-refractivity contribution in [2.24, 2.45) is 0 Å². The molecule has 0 fully saturated rings. The van der Waals surface area contributed by atoms with Crippen LogP contribution in [0.5, 0.6) is 0 Å². The third kappa shape index (κ3) is 3.78. The average Bonchev–Trinajstić information content (AvgIpc) is 3.17. The van der Waals surface area contributed by atoms with Gasteiger partial charge in [0.2, 0.25) is 5.91 Å². The van der Waals surface area contributed by atoms with Gasteiger partial charge in [-0.2, -0.15) is 0 Å². The summed E-state index contributed by atoms with van der Waals surface area (Å²) in [5, 5.41) is 3.68. The number of benzene rings is 2. The number of nitrogens with zero attached hydrogens (tertiary/aromatic N) is 1. The van der Waals surface area contributed by atoms with E-state index in [4.69, 9.17) is 0 Å². The first-order valence-electron chi connectivity index (χ1n) is 8.35. The summed E-state index contributed by atoms with van der Waals surface area (Å²) in [5.41, 5.74) is 3.57. The molecule has 0 unspecified atom stereocenters. The third-order valence-corrected chi connectivity index (χ3v) is 6.20. The first-order chi connectivity index (χ1) is 12.3. The molecule has 3 aromatic rings. The standard InChI is InChI=1S/C20H18N2OS2/c23-18(11-6-12-24-15-8-2-1-3-9-15)21-20-22-19-16-10-5-4-7-14(16)13-17(19)25-20/h1-5,7-10H,6,11-13H2,(H,21,22,23). The molecule has 0 bridgehead atoms. The monoisotopic (exact) mass is 366 g/mol. The van der Waals surface area contributed by atoms with Crippen LogP contribution in [-0.2, 0) is 11.2 Å². The fourth-order valence-electron chi connectivity index (χ4n) is 2.94. The fraction of sp³-hybridized carbons (Fsp3) is 0.200. The lowest BCUT2D eigenvalue weighted by Crippen LogP contribution is -2.11. The molecule has 25 heavy (non-hydrogen) atoms. The third-order valence-electron chi connectivity index (χ3n) is 4.13. The van der Waals surface area contributed by atoms with Crippen LogP contribution in [0.3, 0.4) is 0 Å². The van der Waals surface area contributed by atoms with E-state index in [9.17, 15) is 4.79 Å². The molecule has 0 saturated heterocycles. The van der Waals surface area contributed by atoms with E-state index in [2.05, 4.69) is 40.6 Å². The average molecular weight is 367 g/mol. The second kappa shape index (κ2) is 7.42. The lowest BCUT2D eigenvalue weighted by atomic mass is 10.1. The molecule has 1 aliphatic rings. The van der Waals surface area contributed by atoms with Gasteiger partial charge in [-0.3, -0.25) is 4.79 Å². The number of aromatic nitrogens is 1. The number of carbonyl (C=O) groups is 1. The van der Waals surface area contributed by atoms with Gasteiger partial charge in [0.1, 0.15) is 0 Å². The number of rotatable bonds is 6. The van der Waals surface area contributed by atoms with Crippen molar-refractivity contribution < 1.29 is 4.79 Å². The molecular weight excluding hydrogens is 348 g/mol. The number of amides is 1. The number of carbonyl (C=O) groups excluding carboxylic acids is 1. The van der Waals surface area contributed by atoms with Crippen molar-refractivity contribution in [2.45, 2.75) is 24.2 Å². The van der Waals surface area contributed by atoms with E-state index in [1.807, 2.05) is 24.3 Å². The highest BCUT2D eigenvalue weighted by molar-refractivity contribution is 7.99. The van der Waals surface area contributed by atoms with E-state index in [-0.39, 0.29) is 5.91 Å². The largest absolute Gasteiger partial charge is 0.302 e. The van der Waals surface area contributed by atoms with Crippen LogP contribution < -0.4 is 5.32 Å². The molecule has 1 aliphatic carbocycles. The second-order valence-corrected chi connectivity index (χ2v) is 8.19. The van der Waals surface area contributed by atoms with Crippen LogP contribution in [-0.4, -0.2) is 16.6 Å². The van der Waals surface area contributed by atoms with E-state index < -0.39 is 0 Å². The van der Waals surface area contributed by atoms with Crippen molar-refractivity contribution in [3.05, 3.63) is 65.0 Å². The van der Waals surface area contributed by atoms with E-state index in [1.54, 1.807) is 23.1 Å². The van der Waals surface area contributed by atoms with Crippen molar-refractivity contribution in [1.29, 1.82) is 0 Å². The Morgan fingerprint density at radius 1 is 1.12 bits per heavy atom. The molecule has 1 amide bonds. The summed E-state index contributed by atoms with van der Waals surface area (Å²) < 4.78 is 0. The Morgan fingerprint density at radius 3 is 2.80 bits per heavy atom. The lowest BCUT2D eigenvalue weighted by molar-refractivity contribution is -0.116. The van der Waals surface area contributed by atoms with Crippen LogP contribution in [0.25, 0.3) is 11.3 Å². The molecule has 1 N–H and O–H groups in total. The molecule has 2 aromatic carbocycles. The highest BCUT2D eigenvalue weighted by Gasteiger charge is 2.23. The number of nitrogens with one attached hydrogen (secondary N) is 1. The van der Waals surface area contributed by atoms with Gasteiger partial charge in [-0.25, -0.2) is 4.98 Å². The van der Waals surface area contributed by atoms with E-state index >= 15 is 0 Å². The second-order valence-electron chi connectivity index (χ2n) is 5.94. The van der Waals surface area contributed by atoms with Gasteiger partial charge in [-0.1, -0.05) is 42.5 Å². The van der Waals surface area contributed by atoms with Crippen molar-refractivity contribution in [3.8, 4) is 11.3 Å². The van der Waals surface area contributed by atoms with Crippen molar-refractivity contribution in [2.75, 3.05) is 11.1 Å². The lowest BCUT2D eigenvalue weighted by Gasteiger charge is -2.03. The number of anilines is 1. The van der Waals surface area contributed by atoms with Crippen molar-refractivity contribution in [1.82, 2.24) is 4.98 Å². The SMILES string of the molecule is O=C(CCCSc1ccccc1)Nc1nc2c(s1)Cc1ccccc1-2. The van der Waals surface area contributed by atoms with E-state index in [1.165, 1.54) is 20.9 Å². The molecule has 1 heterocycles. The zero-order valence-electron chi connectivity index (χ0n) is 13.7.